The average Bonchev–Trinajstić information content (AvgIpc) is 2.98. The molecule has 130 valence electrons. The molecule has 2 rings (SSSR count). The molecule has 0 bridgehead atoms. The van der Waals surface area contributed by atoms with Crippen LogP contribution in [0.5, 0.6) is 0 Å². The maximum atomic E-state index is 10.3. The Bertz CT molecular complexity index is 458. The summed E-state index contributed by atoms with van der Waals surface area (Å²) in [7, 11) is 0. The first-order valence-electron chi connectivity index (χ1n) is 8.72. The van der Waals surface area contributed by atoms with Crippen LogP contribution in [0, 0.1) is 6.92 Å². The third kappa shape index (κ3) is 7.00. The van der Waals surface area contributed by atoms with Gasteiger partial charge in [0.1, 0.15) is 0 Å². The molecule has 0 saturated carbocycles. The van der Waals surface area contributed by atoms with Crippen molar-refractivity contribution in [2.75, 3.05) is 26.3 Å². The summed E-state index contributed by atoms with van der Waals surface area (Å²) in [6.07, 6.45) is 2.22. The van der Waals surface area contributed by atoms with E-state index in [0.717, 1.165) is 32.5 Å². The molecular weight excluding hydrogens is 290 g/mol. The SMILES string of the molecule is Cc1cccc(CN(C[C@H](O)COC(C)C)C[C@H]2CCCO2)c1. The quantitative estimate of drug-likeness (QED) is 0.759. The van der Waals surface area contributed by atoms with Crippen molar-refractivity contribution in [2.24, 2.45) is 0 Å². The molecule has 0 aliphatic carbocycles. The van der Waals surface area contributed by atoms with E-state index in [4.69, 9.17) is 9.47 Å². The lowest BCUT2D eigenvalue weighted by Gasteiger charge is -2.28. The Balaban J connectivity index is 1.93. The van der Waals surface area contributed by atoms with Crippen LogP contribution in [0.25, 0.3) is 0 Å². The van der Waals surface area contributed by atoms with Gasteiger partial charge in [-0.3, -0.25) is 4.90 Å². The molecule has 0 amide bonds. The van der Waals surface area contributed by atoms with Crippen LogP contribution in [0.4, 0.5) is 0 Å². The summed E-state index contributed by atoms with van der Waals surface area (Å²) in [5, 5.41) is 10.3. The fourth-order valence-electron chi connectivity index (χ4n) is 3.00. The van der Waals surface area contributed by atoms with Gasteiger partial charge in [-0.2, -0.15) is 0 Å². The first kappa shape index (κ1) is 18.4. The molecule has 1 aliphatic heterocycles. The van der Waals surface area contributed by atoms with Crippen LogP contribution in [0.2, 0.25) is 0 Å². The lowest BCUT2D eigenvalue weighted by Crippen LogP contribution is -2.39. The van der Waals surface area contributed by atoms with Gasteiger partial charge in [-0.1, -0.05) is 29.8 Å². The zero-order chi connectivity index (χ0) is 16.7. The number of ether oxygens (including phenoxy) is 2. The number of nitrogens with zero attached hydrogens (tertiary/aromatic N) is 1. The summed E-state index contributed by atoms with van der Waals surface area (Å²) < 4.78 is 11.3. The number of rotatable bonds is 9. The van der Waals surface area contributed by atoms with Gasteiger partial charge in [0, 0.05) is 26.2 Å². The predicted octanol–water partition coefficient (Wildman–Crippen LogP) is 2.76. The molecule has 0 spiro atoms. The fraction of sp³-hybridized carbons (Fsp3) is 0.684. The highest BCUT2D eigenvalue weighted by molar-refractivity contribution is 5.22. The summed E-state index contributed by atoms with van der Waals surface area (Å²) in [6, 6.07) is 8.55. The highest BCUT2D eigenvalue weighted by Crippen LogP contribution is 2.16. The monoisotopic (exact) mass is 321 g/mol. The minimum absolute atomic E-state index is 0.146. The molecule has 1 aromatic rings. The zero-order valence-electron chi connectivity index (χ0n) is 14.7. The maximum Gasteiger partial charge on any atom is 0.0900 e. The highest BCUT2D eigenvalue weighted by Gasteiger charge is 2.21. The molecule has 0 unspecified atom stereocenters. The second-order valence-electron chi connectivity index (χ2n) is 6.85. The van der Waals surface area contributed by atoms with E-state index < -0.39 is 6.10 Å². The Morgan fingerprint density at radius 3 is 2.87 bits per heavy atom. The summed E-state index contributed by atoms with van der Waals surface area (Å²) in [5.41, 5.74) is 2.54. The largest absolute Gasteiger partial charge is 0.389 e. The topological polar surface area (TPSA) is 41.9 Å². The second-order valence-corrected chi connectivity index (χ2v) is 6.85. The van der Waals surface area contributed by atoms with Crippen molar-refractivity contribution in [1.82, 2.24) is 4.90 Å². The maximum absolute atomic E-state index is 10.3. The molecule has 4 nitrogen and oxygen atoms in total. The first-order chi connectivity index (χ1) is 11.0. The Morgan fingerprint density at radius 2 is 2.22 bits per heavy atom. The van der Waals surface area contributed by atoms with E-state index in [2.05, 4.69) is 36.1 Å². The summed E-state index contributed by atoms with van der Waals surface area (Å²) >= 11 is 0. The molecule has 1 aromatic carbocycles. The molecule has 23 heavy (non-hydrogen) atoms. The van der Waals surface area contributed by atoms with Crippen molar-refractivity contribution >= 4 is 0 Å². The summed E-state index contributed by atoms with van der Waals surface area (Å²) in [6.45, 7) is 9.65. The molecule has 4 heteroatoms. The highest BCUT2D eigenvalue weighted by atomic mass is 16.5. The van der Waals surface area contributed by atoms with Gasteiger partial charge in [0.2, 0.25) is 0 Å². The predicted molar refractivity (Wildman–Crippen MR) is 92.5 cm³/mol. The molecule has 1 fully saturated rings. The van der Waals surface area contributed by atoms with Crippen molar-refractivity contribution in [3.63, 3.8) is 0 Å². The van der Waals surface area contributed by atoms with Crippen LogP contribution in [-0.4, -0.2) is 54.6 Å². The van der Waals surface area contributed by atoms with E-state index in [9.17, 15) is 5.11 Å². The lowest BCUT2D eigenvalue weighted by atomic mass is 10.1. The normalized spacial score (nSPS) is 19.7. The van der Waals surface area contributed by atoms with Gasteiger partial charge in [-0.05, 0) is 39.2 Å². The van der Waals surface area contributed by atoms with Gasteiger partial charge in [0.05, 0.1) is 24.9 Å². The Kier molecular flexibility index (Phi) is 7.50. The zero-order valence-corrected chi connectivity index (χ0v) is 14.7. The van der Waals surface area contributed by atoms with E-state index >= 15 is 0 Å². The summed E-state index contributed by atoms with van der Waals surface area (Å²) in [5.74, 6) is 0. The molecule has 1 heterocycles. The average molecular weight is 321 g/mol. The van der Waals surface area contributed by atoms with E-state index in [-0.39, 0.29) is 12.2 Å². The molecular formula is C19H31NO3. The third-order valence-electron chi connectivity index (χ3n) is 4.07. The van der Waals surface area contributed by atoms with Crippen molar-refractivity contribution in [2.45, 2.75) is 58.5 Å². The minimum Gasteiger partial charge on any atom is -0.389 e. The number of hydrogen-bond donors (Lipinski definition) is 1. The summed E-state index contributed by atoms with van der Waals surface area (Å²) in [4.78, 5) is 2.29. The van der Waals surface area contributed by atoms with Gasteiger partial charge in [-0.25, -0.2) is 0 Å². The van der Waals surface area contributed by atoms with Crippen LogP contribution in [-0.2, 0) is 16.0 Å². The minimum atomic E-state index is -0.469. The molecule has 2 atom stereocenters. The van der Waals surface area contributed by atoms with Crippen molar-refractivity contribution in [3.05, 3.63) is 35.4 Å². The second kappa shape index (κ2) is 9.38. The van der Waals surface area contributed by atoms with Crippen LogP contribution in [0.15, 0.2) is 24.3 Å². The van der Waals surface area contributed by atoms with Gasteiger partial charge < -0.3 is 14.6 Å². The fourth-order valence-corrected chi connectivity index (χ4v) is 3.00. The Morgan fingerprint density at radius 1 is 1.39 bits per heavy atom. The first-order valence-corrected chi connectivity index (χ1v) is 8.72. The Labute approximate surface area is 140 Å². The van der Waals surface area contributed by atoms with Crippen molar-refractivity contribution in [1.29, 1.82) is 0 Å². The van der Waals surface area contributed by atoms with Crippen LogP contribution in [0.1, 0.15) is 37.8 Å². The standard InChI is InChI=1S/C19H31NO3/c1-15(2)23-14-18(21)12-20(13-19-8-5-9-22-19)11-17-7-4-6-16(3)10-17/h4,6-7,10,15,18-19,21H,5,8-9,11-14H2,1-3H3/t18-,19+/m0/s1. The smallest absolute Gasteiger partial charge is 0.0900 e. The van der Waals surface area contributed by atoms with Gasteiger partial charge >= 0.3 is 0 Å². The number of hydrogen-bond acceptors (Lipinski definition) is 4. The van der Waals surface area contributed by atoms with Gasteiger partial charge in [0.15, 0.2) is 0 Å². The Hall–Kier alpha value is -0.940. The molecule has 0 aromatic heterocycles. The number of aryl methyl sites for hydroxylation is 1. The number of aliphatic hydroxyl groups excluding tert-OH is 1. The van der Waals surface area contributed by atoms with Crippen molar-refractivity contribution < 1.29 is 14.6 Å². The number of aliphatic hydroxyl groups is 1. The van der Waals surface area contributed by atoms with Crippen LogP contribution < -0.4 is 0 Å². The lowest BCUT2D eigenvalue weighted by molar-refractivity contribution is -0.0172. The van der Waals surface area contributed by atoms with E-state index in [0.29, 0.717) is 13.2 Å². The van der Waals surface area contributed by atoms with E-state index in [1.807, 2.05) is 13.8 Å². The molecule has 1 saturated heterocycles. The number of benzene rings is 1. The van der Waals surface area contributed by atoms with Crippen LogP contribution >= 0.6 is 0 Å². The van der Waals surface area contributed by atoms with Crippen molar-refractivity contribution in [3.8, 4) is 0 Å². The van der Waals surface area contributed by atoms with Gasteiger partial charge in [0.25, 0.3) is 0 Å². The molecule has 0 radical (unpaired) electrons. The van der Waals surface area contributed by atoms with E-state index in [1.165, 1.54) is 11.1 Å². The van der Waals surface area contributed by atoms with Crippen LogP contribution in [0.3, 0.4) is 0 Å². The molecule has 1 aliphatic rings. The third-order valence-corrected chi connectivity index (χ3v) is 4.07. The van der Waals surface area contributed by atoms with E-state index in [1.54, 1.807) is 0 Å². The molecule has 1 N–H and O–H groups in total. The van der Waals surface area contributed by atoms with Gasteiger partial charge in [-0.15, -0.1) is 0 Å².